The van der Waals surface area contributed by atoms with Gasteiger partial charge in [0.1, 0.15) is 5.78 Å². The molecule has 1 rings (SSSR count). The van der Waals surface area contributed by atoms with Crippen LogP contribution in [0.15, 0.2) is 0 Å². The van der Waals surface area contributed by atoms with Crippen molar-refractivity contribution in [3.05, 3.63) is 0 Å². The average molecular weight is 140 g/mol. The highest BCUT2D eigenvalue weighted by atomic mass is 16.1. The molecular weight excluding hydrogens is 124 g/mol. The number of rotatable bonds is 1. The number of carbonyl (C=O) groups is 1. The first-order chi connectivity index (χ1) is 4.84. The lowest BCUT2D eigenvalue weighted by atomic mass is 9.96. The van der Waals surface area contributed by atoms with E-state index >= 15 is 0 Å². The fourth-order valence-corrected chi connectivity index (χ4v) is 1.66. The van der Waals surface area contributed by atoms with Crippen LogP contribution in [0.25, 0.3) is 0 Å². The molecule has 58 valence electrons. The number of hydrogen-bond donors (Lipinski definition) is 0. The van der Waals surface area contributed by atoms with E-state index in [0.717, 1.165) is 25.7 Å². The van der Waals surface area contributed by atoms with Gasteiger partial charge in [-0.3, -0.25) is 4.79 Å². The maximum absolute atomic E-state index is 11.2. The highest BCUT2D eigenvalue weighted by Crippen LogP contribution is 2.21. The molecule has 0 bridgehead atoms. The van der Waals surface area contributed by atoms with Crippen LogP contribution in [0, 0.1) is 5.92 Å². The minimum absolute atomic E-state index is 0.405. The summed E-state index contributed by atoms with van der Waals surface area (Å²) in [4.78, 5) is 11.2. The Hall–Kier alpha value is -0.330. The van der Waals surface area contributed by atoms with Gasteiger partial charge in [0.05, 0.1) is 0 Å². The Kier molecular flexibility index (Phi) is 2.91. The van der Waals surface area contributed by atoms with Gasteiger partial charge in [0.15, 0.2) is 0 Å². The summed E-state index contributed by atoms with van der Waals surface area (Å²) in [5.74, 6) is 0.919. The molecule has 1 heteroatoms. The first-order valence-corrected chi connectivity index (χ1v) is 4.37. The van der Waals surface area contributed by atoms with Crippen molar-refractivity contribution in [2.24, 2.45) is 5.92 Å². The lowest BCUT2D eigenvalue weighted by molar-refractivity contribution is -0.122. The van der Waals surface area contributed by atoms with E-state index < -0.39 is 0 Å². The van der Waals surface area contributed by atoms with Crippen LogP contribution in [0.1, 0.15) is 45.4 Å². The molecule has 1 atom stereocenters. The van der Waals surface area contributed by atoms with E-state index in [1.54, 1.807) is 0 Å². The normalized spacial score (nSPS) is 28.1. The van der Waals surface area contributed by atoms with Crippen LogP contribution in [0.4, 0.5) is 0 Å². The van der Waals surface area contributed by atoms with Crippen molar-refractivity contribution in [1.29, 1.82) is 0 Å². The first kappa shape index (κ1) is 7.77. The summed E-state index contributed by atoms with van der Waals surface area (Å²) >= 11 is 0. The molecule has 0 spiro atoms. The fraction of sp³-hybridized carbons (Fsp3) is 0.889. The van der Waals surface area contributed by atoms with Crippen LogP contribution < -0.4 is 0 Å². The van der Waals surface area contributed by atoms with Gasteiger partial charge in [-0.25, -0.2) is 0 Å². The first-order valence-electron chi connectivity index (χ1n) is 4.37. The van der Waals surface area contributed by atoms with Crippen molar-refractivity contribution >= 4 is 5.78 Å². The summed E-state index contributed by atoms with van der Waals surface area (Å²) in [6, 6.07) is 0. The van der Waals surface area contributed by atoms with Crippen molar-refractivity contribution in [2.75, 3.05) is 0 Å². The van der Waals surface area contributed by atoms with Crippen LogP contribution >= 0.6 is 0 Å². The zero-order valence-electron chi connectivity index (χ0n) is 6.73. The summed E-state index contributed by atoms with van der Waals surface area (Å²) in [5, 5.41) is 0. The van der Waals surface area contributed by atoms with Gasteiger partial charge in [0.2, 0.25) is 0 Å². The minimum atomic E-state index is 0.405. The molecule has 1 aliphatic carbocycles. The molecule has 0 unspecified atom stereocenters. The van der Waals surface area contributed by atoms with Crippen molar-refractivity contribution in [1.82, 2.24) is 0 Å². The molecule has 0 aliphatic heterocycles. The second-order valence-corrected chi connectivity index (χ2v) is 3.17. The molecule has 0 amide bonds. The molecule has 1 fully saturated rings. The molecule has 1 aliphatic rings. The van der Waals surface area contributed by atoms with Gasteiger partial charge in [0.25, 0.3) is 0 Å². The topological polar surface area (TPSA) is 17.1 Å². The summed E-state index contributed by atoms with van der Waals surface area (Å²) in [5.41, 5.74) is 0. The molecule has 10 heavy (non-hydrogen) atoms. The molecule has 0 aromatic rings. The molecule has 0 aromatic heterocycles. The Balaban J connectivity index is 2.43. The Morgan fingerprint density at radius 2 is 2.20 bits per heavy atom. The molecule has 1 saturated carbocycles. The Morgan fingerprint density at radius 3 is 2.90 bits per heavy atom. The van der Waals surface area contributed by atoms with E-state index in [1.807, 2.05) is 0 Å². The second-order valence-electron chi connectivity index (χ2n) is 3.17. The molecular formula is C9H16O. The second kappa shape index (κ2) is 3.75. The third-order valence-corrected chi connectivity index (χ3v) is 2.42. The lowest BCUT2D eigenvalue weighted by Gasteiger charge is -2.07. The highest BCUT2D eigenvalue weighted by molar-refractivity contribution is 5.81. The van der Waals surface area contributed by atoms with E-state index in [9.17, 15) is 4.79 Å². The predicted octanol–water partition coefficient (Wildman–Crippen LogP) is 2.55. The van der Waals surface area contributed by atoms with Crippen LogP contribution in [0.5, 0.6) is 0 Å². The maximum Gasteiger partial charge on any atom is 0.135 e. The van der Waals surface area contributed by atoms with E-state index in [1.165, 1.54) is 12.8 Å². The SMILES string of the molecule is CC[C@H]1CCCCCC1=O. The van der Waals surface area contributed by atoms with Crippen LogP contribution in [0.2, 0.25) is 0 Å². The van der Waals surface area contributed by atoms with E-state index in [0.29, 0.717) is 11.7 Å². The highest BCUT2D eigenvalue weighted by Gasteiger charge is 2.17. The monoisotopic (exact) mass is 140 g/mol. The number of ketones is 1. The third-order valence-electron chi connectivity index (χ3n) is 2.42. The summed E-state index contributed by atoms with van der Waals surface area (Å²) in [6.07, 6.45) is 6.72. The van der Waals surface area contributed by atoms with Gasteiger partial charge >= 0.3 is 0 Å². The van der Waals surface area contributed by atoms with Crippen molar-refractivity contribution in [2.45, 2.75) is 45.4 Å². The smallest absolute Gasteiger partial charge is 0.135 e. The van der Waals surface area contributed by atoms with E-state index in [-0.39, 0.29) is 0 Å². The quantitative estimate of drug-likeness (QED) is 0.511. The van der Waals surface area contributed by atoms with Gasteiger partial charge in [-0.15, -0.1) is 0 Å². The zero-order chi connectivity index (χ0) is 7.40. The standard InChI is InChI=1S/C9H16O/c1-2-8-6-4-3-5-7-9(8)10/h8H,2-7H2,1H3/t8-/m0/s1. The van der Waals surface area contributed by atoms with Gasteiger partial charge in [-0.1, -0.05) is 19.8 Å². The maximum atomic E-state index is 11.2. The molecule has 0 radical (unpaired) electrons. The van der Waals surface area contributed by atoms with Crippen molar-refractivity contribution in [3.63, 3.8) is 0 Å². The van der Waals surface area contributed by atoms with Crippen molar-refractivity contribution < 1.29 is 4.79 Å². The number of hydrogen-bond acceptors (Lipinski definition) is 1. The van der Waals surface area contributed by atoms with Gasteiger partial charge in [-0.2, -0.15) is 0 Å². The van der Waals surface area contributed by atoms with Crippen LogP contribution in [0.3, 0.4) is 0 Å². The van der Waals surface area contributed by atoms with Gasteiger partial charge < -0.3 is 0 Å². The number of Topliss-reactive ketones (excluding diaryl/α,β-unsaturated/α-hetero) is 1. The fourth-order valence-electron chi connectivity index (χ4n) is 1.66. The predicted molar refractivity (Wildman–Crippen MR) is 41.9 cm³/mol. The number of carbonyl (C=O) groups excluding carboxylic acids is 1. The van der Waals surface area contributed by atoms with E-state index in [2.05, 4.69) is 6.92 Å². The molecule has 0 heterocycles. The largest absolute Gasteiger partial charge is 0.299 e. The van der Waals surface area contributed by atoms with Crippen LogP contribution in [-0.2, 0) is 4.79 Å². The zero-order valence-corrected chi connectivity index (χ0v) is 6.73. The average Bonchev–Trinajstić information content (AvgIpc) is 2.13. The van der Waals surface area contributed by atoms with Crippen molar-refractivity contribution in [3.8, 4) is 0 Å². The van der Waals surface area contributed by atoms with Gasteiger partial charge in [-0.05, 0) is 19.3 Å². The molecule has 1 nitrogen and oxygen atoms in total. The summed E-state index contributed by atoms with van der Waals surface area (Å²) < 4.78 is 0. The molecule has 0 aromatic carbocycles. The van der Waals surface area contributed by atoms with E-state index in [4.69, 9.17) is 0 Å². The molecule has 0 N–H and O–H groups in total. The minimum Gasteiger partial charge on any atom is -0.299 e. The lowest BCUT2D eigenvalue weighted by Crippen LogP contribution is -2.10. The Morgan fingerprint density at radius 1 is 1.40 bits per heavy atom. The third kappa shape index (κ3) is 1.83. The Labute approximate surface area is 62.8 Å². The summed E-state index contributed by atoms with van der Waals surface area (Å²) in [6.45, 7) is 2.12. The summed E-state index contributed by atoms with van der Waals surface area (Å²) in [7, 11) is 0. The molecule has 0 saturated heterocycles. The van der Waals surface area contributed by atoms with Gasteiger partial charge in [0, 0.05) is 12.3 Å². The Bertz CT molecular complexity index is 118. The van der Waals surface area contributed by atoms with Crippen LogP contribution in [-0.4, -0.2) is 5.78 Å².